The Morgan fingerprint density at radius 3 is 2.55 bits per heavy atom. The van der Waals surface area contributed by atoms with Crippen LogP contribution in [0.1, 0.15) is 57.4 Å². The Kier molecular flexibility index (Phi) is 4.49. The van der Waals surface area contributed by atoms with E-state index in [9.17, 15) is 0 Å². The maximum absolute atomic E-state index is 6.28. The topological polar surface area (TPSA) is 29.3 Å². The third-order valence-corrected chi connectivity index (χ3v) is 6.26. The van der Waals surface area contributed by atoms with E-state index in [1.165, 1.54) is 50.5 Å². The zero-order valence-corrected chi connectivity index (χ0v) is 13.5. The molecule has 2 nitrogen and oxygen atoms in total. The quantitative estimate of drug-likeness (QED) is 0.858. The molecule has 0 saturated heterocycles. The normalized spacial score (nSPS) is 30.9. The van der Waals surface area contributed by atoms with Gasteiger partial charge in [0.2, 0.25) is 0 Å². The molecule has 0 amide bonds. The van der Waals surface area contributed by atoms with Gasteiger partial charge in [-0.2, -0.15) is 11.3 Å². The number of nitrogens with two attached hydrogens (primary N) is 1. The average molecular weight is 292 g/mol. The first-order chi connectivity index (χ1) is 9.77. The van der Waals surface area contributed by atoms with Crippen molar-refractivity contribution in [3.8, 4) is 0 Å². The van der Waals surface area contributed by atoms with Crippen LogP contribution in [0, 0.1) is 5.92 Å². The molecule has 20 heavy (non-hydrogen) atoms. The molecule has 0 unspecified atom stereocenters. The first-order valence-electron chi connectivity index (χ1n) is 8.25. The lowest BCUT2D eigenvalue weighted by Crippen LogP contribution is -2.56. The van der Waals surface area contributed by atoms with Gasteiger partial charge in [-0.3, -0.25) is 4.90 Å². The van der Waals surface area contributed by atoms with Gasteiger partial charge in [-0.25, -0.2) is 0 Å². The fraction of sp³-hybridized carbons (Fsp3) is 0.765. The van der Waals surface area contributed by atoms with Crippen molar-refractivity contribution in [3.63, 3.8) is 0 Å². The summed E-state index contributed by atoms with van der Waals surface area (Å²) in [5.74, 6) is 0.942. The highest BCUT2D eigenvalue weighted by molar-refractivity contribution is 7.07. The van der Waals surface area contributed by atoms with Gasteiger partial charge in [-0.15, -0.1) is 0 Å². The van der Waals surface area contributed by atoms with E-state index in [0.717, 1.165) is 25.0 Å². The molecule has 2 fully saturated rings. The van der Waals surface area contributed by atoms with Crippen molar-refractivity contribution in [2.45, 2.75) is 70.0 Å². The summed E-state index contributed by atoms with van der Waals surface area (Å²) in [7, 11) is 0. The largest absolute Gasteiger partial charge is 0.329 e. The maximum atomic E-state index is 6.28. The summed E-state index contributed by atoms with van der Waals surface area (Å²) < 4.78 is 0. The van der Waals surface area contributed by atoms with Crippen LogP contribution in [0.4, 0.5) is 0 Å². The molecule has 3 rings (SSSR count). The Bertz CT molecular complexity index is 403. The Morgan fingerprint density at radius 2 is 2.05 bits per heavy atom. The standard InChI is InChI=1S/C17H28N2S/c1-2-14-5-8-17(13-18,9-6-14)19(16-3-4-16)11-15-7-10-20-12-15/h7,10,12,14,16H,2-6,8-9,11,13,18H2,1H3. The lowest BCUT2D eigenvalue weighted by Gasteiger charge is -2.48. The second-order valence-electron chi connectivity index (χ2n) is 6.77. The van der Waals surface area contributed by atoms with Crippen LogP contribution in [0.5, 0.6) is 0 Å². The van der Waals surface area contributed by atoms with Gasteiger partial charge in [0.1, 0.15) is 0 Å². The number of nitrogens with zero attached hydrogens (tertiary/aromatic N) is 1. The summed E-state index contributed by atoms with van der Waals surface area (Å²) in [5.41, 5.74) is 8.05. The Labute approximate surface area is 127 Å². The van der Waals surface area contributed by atoms with Crippen molar-refractivity contribution in [1.82, 2.24) is 4.90 Å². The Morgan fingerprint density at radius 1 is 1.30 bits per heavy atom. The minimum atomic E-state index is 0.286. The Balaban J connectivity index is 1.74. The van der Waals surface area contributed by atoms with Crippen LogP contribution in [0.15, 0.2) is 16.8 Å². The minimum absolute atomic E-state index is 0.286. The summed E-state index contributed by atoms with van der Waals surface area (Å²) in [4.78, 5) is 2.78. The van der Waals surface area contributed by atoms with Gasteiger partial charge in [-0.1, -0.05) is 13.3 Å². The van der Waals surface area contributed by atoms with Gasteiger partial charge < -0.3 is 5.73 Å². The average Bonchev–Trinajstić information content (AvgIpc) is 3.21. The molecule has 0 aromatic carbocycles. The van der Waals surface area contributed by atoms with Crippen LogP contribution in [-0.4, -0.2) is 23.0 Å². The summed E-state index contributed by atoms with van der Waals surface area (Å²) >= 11 is 1.81. The highest BCUT2D eigenvalue weighted by Gasteiger charge is 2.45. The van der Waals surface area contributed by atoms with Gasteiger partial charge in [0.15, 0.2) is 0 Å². The third-order valence-electron chi connectivity index (χ3n) is 5.52. The lowest BCUT2D eigenvalue weighted by atomic mass is 9.74. The highest BCUT2D eigenvalue weighted by Crippen LogP contribution is 2.43. The van der Waals surface area contributed by atoms with Crippen molar-refractivity contribution in [3.05, 3.63) is 22.4 Å². The molecule has 2 N–H and O–H groups in total. The predicted molar refractivity (Wildman–Crippen MR) is 86.9 cm³/mol. The first-order valence-corrected chi connectivity index (χ1v) is 9.19. The van der Waals surface area contributed by atoms with E-state index in [0.29, 0.717) is 0 Å². The van der Waals surface area contributed by atoms with Gasteiger partial charge in [0.05, 0.1) is 0 Å². The monoisotopic (exact) mass is 292 g/mol. The fourth-order valence-corrected chi connectivity index (χ4v) is 4.54. The second-order valence-corrected chi connectivity index (χ2v) is 7.55. The molecule has 0 atom stereocenters. The molecular weight excluding hydrogens is 264 g/mol. The van der Waals surface area contributed by atoms with Gasteiger partial charge >= 0.3 is 0 Å². The zero-order valence-electron chi connectivity index (χ0n) is 12.7. The van der Waals surface area contributed by atoms with Crippen LogP contribution in [0.2, 0.25) is 0 Å². The molecule has 2 saturated carbocycles. The predicted octanol–water partition coefficient (Wildman–Crippen LogP) is 4.01. The van der Waals surface area contributed by atoms with E-state index in [1.807, 2.05) is 11.3 Å². The number of hydrogen-bond acceptors (Lipinski definition) is 3. The third kappa shape index (κ3) is 2.95. The molecule has 2 aliphatic carbocycles. The molecule has 0 bridgehead atoms. The van der Waals surface area contributed by atoms with Crippen molar-refractivity contribution in [1.29, 1.82) is 0 Å². The van der Waals surface area contributed by atoms with E-state index in [2.05, 4.69) is 28.7 Å². The highest BCUT2D eigenvalue weighted by atomic mass is 32.1. The number of rotatable bonds is 6. The molecule has 1 heterocycles. The fourth-order valence-electron chi connectivity index (χ4n) is 3.88. The van der Waals surface area contributed by atoms with E-state index in [-0.39, 0.29) is 5.54 Å². The van der Waals surface area contributed by atoms with E-state index >= 15 is 0 Å². The van der Waals surface area contributed by atoms with Crippen molar-refractivity contribution < 1.29 is 0 Å². The molecular formula is C17H28N2S. The van der Waals surface area contributed by atoms with Gasteiger partial charge in [0.25, 0.3) is 0 Å². The van der Waals surface area contributed by atoms with Crippen molar-refractivity contribution in [2.75, 3.05) is 6.54 Å². The summed E-state index contributed by atoms with van der Waals surface area (Å²) in [6.45, 7) is 4.29. The van der Waals surface area contributed by atoms with Crippen molar-refractivity contribution >= 4 is 11.3 Å². The van der Waals surface area contributed by atoms with Crippen LogP contribution >= 0.6 is 11.3 Å². The molecule has 0 spiro atoms. The van der Waals surface area contributed by atoms with E-state index in [4.69, 9.17) is 5.73 Å². The molecule has 2 aliphatic rings. The SMILES string of the molecule is CCC1CCC(CN)(N(Cc2ccsc2)C2CC2)CC1. The Hall–Kier alpha value is -0.380. The lowest BCUT2D eigenvalue weighted by molar-refractivity contribution is 0.0277. The molecule has 1 aromatic rings. The summed E-state index contributed by atoms with van der Waals surface area (Å²) in [5, 5.41) is 4.50. The number of hydrogen-bond donors (Lipinski definition) is 1. The van der Waals surface area contributed by atoms with Crippen LogP contribution < -0.4 is 5.73 Å². The molecule has 0 aliphatic heterocycles. The molecule has 112 valence electrons. The number of thiophene rings is 1. The van der Waals surface area contributed by atoms with Crippen LogP contribution in [0.3, 0.4) is 0 Å². The molecule has 0 radical (unpaired) electrons. The smallest absolute Gasteiger partial charge is 0.0338 e. The van der Waals surface area contributed by atoms with Gasteiger partial charge in [-0.05, 0) is 66.8 Å². The van der Waals surface area contributed by atoms with Crippen molar-refractivity contribution in [2.24, 2.45) is 11.7 Å². The molecule has 3 heteroatoms. The van der Waals surface area contributed by atoms with E-state index in [1.54, 1.807) is 0 Å². The zero-order chi connectivity index (χ0) is 14.0. The summed E-state index contributed by atoms with van der Waals surface area (Å²) in [6.07, 6.45) is 9.47. The van der Waals surface area contributed by atoms with E-state index < -0.39 is 0 Å². The second kappa shape index (κ2) is 6.17. The maximum Gasteiger partial charge on any atom is 0.0338 e. The van der Waals surface area contributed by atoms with Gasteiger partial charge in [0, 0.05) is 24.7 Å². The van der Waals surface area contributed by atoms with Crippen LogP contribution in [0.25, 0.3) is 0 Å². The minimum Gasteiger partial charge on any atom is -0.329 e. The first kappa shape index (κ1) is 14.6. The molecule has 1 aromatic heterocycles. The van der Waals surface area contributed by atoms with Crippen LogP contribution in [-0.2, 0) is 6.54 Å². The summed E-state index contributed by atoms with van der Waals surface area (Å²) in [6, 6.07) is 3.08.